The predicted octanol–water partition coefficient (Wildman–Crippen LogP) is 6.08. The number of hydrogen-bond donors (Lipinski definition) is 1. The molecule has 0 saturated carbocycles. The Kier molecular flexibility index (Phi) is 9.72. The van der Waals surface area contributed by atoms with Crippen LogP contribution in [-0.4, -0.2) is 56.6 Å². The maximum absolute atomic E-state index is 13.1. The second kappa shape index (κ2) is 13.4. The number of non-ortho nitro benzene ring substituents is 1. The molecule has 1 fully saturated rings. The minimum Gasteiger partial charge on any atom is -0.497 e. The van der Waals surface area contributed by atoms with Crippen LogP contribution in [0.4, 0.5) is 10.5 Å². The van der Waals surface area contributed by atoms with Gasteiger partial charge in [0.1, 0.15) is 12.4 Å². The first-order valence-electron chi connectivity index (χ1n) is 12.1. The Bertz CT molecular complexity index is 1230. The Morgan fingerprint density at radius 3 is 2.61 bits per heavy atom. The number of amides is 1. The van der Waals surface area contributed by atoms with Gasteiger partial charge in [0.15, 0.2) is 5.16 Å². The van der Waals surface area contributed by atoms with Crippen LogP contribution >= 0.6 is 23.5 Å². The summed E-state index contributed by atoms with van der Waals surface area (Å²) in [6.45, 7) is 2.70. The molecule has 3 aromatic rings. The van der Waals surface area contributed by atoms with Gasteiger partial charge >= 0.3 is 6.09 Å². The molecule has 4 rings (SSSR count). The number of carbonyl (C=O) groups is 1. The molecule has 2 heterocycles. The molecular weight excluding hydrogens is 524 g/mol. The first kappa shape index (κ1) is 27.6. The summed E-state index contributed by atoms with van der Waals surface area (Å²) in [5.41, 5.74) is 3.06. The van der Waals surface area contributed by atoms with Gasteiger partial charge < -0.3 is 19.4 Å². The number of benzene rings is 2. The number of ether oxygens (including phenoxy) is 2. The van der Waals surface area contributed by atoms with Gasteiger partial charge in [0, 0.05) is 47.8 Å². The number of aromatic nitrogens is 2. The summed E-state index contributed by atoms with van der Waals surface area (Å²) in [4.78, 5) is 32.7. The maximum Gasteiger partial charge on any atom is 0.410 e. The average Bonchev–Trinajstić information content (AvgIpc) is 3.60. The third-order valence-corrected chi connectivity index (χ3v) is 8.49. The van der Waals surface area contributed by atoms with Crippen LogP contribution < -0.4 is 4.74 Å². The number of methoxy groups -OCH3 is 1. The van der Waals surface area contributed by atoms with Gasteiger partial charge in [0.25, 0.3) is 5.69 Å². The van der Waals surface area contributed by atoms with Crippen LogP contribution in [0.2, 0.25) is 0 Å². The van der Waals surface area contributed by atoms with Crippen molar-refractivity contribution in [2.75, 3.05) is 19.4 Å². The van der Waals surface area contributed by atoms with Crippen LogP contribution in [0.3, 0.4) is 0 Å². The number of thioether (sulfide) groups is 2. The van der Waals surface area contributed by atoms with Crippen molar-refractivity contribution in [2.24, 2.45) is 0 Å². The SMILES string of the molecule is COc1ccc(CS[C@H]2C[C@@H](/C=C(\C)CSc3ncc[nH]3)N(C(=O)OCc3ccc([N+](=O)[O-])cc3)C2)cc1. The van der Waals surface area contributed by atoms with Gasteiger partial charge in [0.2, 0.25) is 0 Å². The predicted molar refractivity (Wildman–Crippen MR) is 150 cm³/mol. The lowest BCUT2D eigenvalue weighted by Crippen LogP contribution is -2.35. The minimum absolute atomic E-state index is 0.00411. The number of nitro benzene ring substituents is 1. The van der Waals surface area contributed by atoms with Gasteiger partial charge in [-0.15, -0.1) is 0 Å². The van der Waals surface area contributed by atoms with Crippen molar-refractivity contribution in [1.82, 2.24) is 14.9 Å². The number of carbonyl (C=O) groups excluding carboxylic acids is 1. The Morgan fingerprint density at radius 1 is 1.21 bits per heavy atom. The van der Waals surface area contributed by atoms with Crippen LogP contribution in [-0.2, 0) is 17.1 Å². The van der Waals surface area contributed by atoms with Gasteiger partial charge in [-0.2, -0.15) is 11.8 Å². The van der Waals surface area contributed by atoms with E-state index in [4.69, 9.17) is 9.47 Å². The zero-order valence-electron chi connectivity index (χ0n) is 21.2. The van der Waals surface area contributed by atoms with Crippen LogP contribution in [0, 0.1) is 10.1 Å². The van der Waals surface area contributed by atoms with Crippen molar-refractivity contribution in [3.63, 3.8) is 0 Å². The minimum atomic E-state index is -0.451. The second-order valence-electron chi connectivity index (χ2n) is 8.91. The summed E-state index contributed by atoms with van der Waals surface area (Å²) < 4.78 is 10.9. The Labute approximate surface area is 230 Å². The fraction of sp³-hybridized carbons (Fsp3) is 0.333. The topological polar surface area (TPSA) is 111 Å². The number of hydrogen-bond acceptors (Lipinski definition) is 8. The van der Waals surface area contributed by atoms with E-state index in [9.17, 15) is 14.9 Å². The van der Waals surface area contributed by atoms with E-state index in [1.807, 2.05) is 23.9 Å². The number of H-pyrrole nitrogens is 1. The Morgan fingerprint density at radius 2 is 1.95 bits per heavy atom. The largest absolute Gasteiger partial charge is 0.497 e. The third-order valence-electron chi connectivity index (χ3n) is 6.08. The number of nitrogens with one attached hydrogen (secondary N) is 1. The molecule has 9 nitrogen and oxygen atoms in total. The lowest BCUT2D eigenvalue weighted by molar-refractivity contribution is -0.384. The highest BCUT2D eigenvalue weighted by atomic mass is 32.2. The molecule has 0 radical (unpaired) electrons. The van der Waals surface area contributed by atoms with E-state index in [0.717, 1.165) is 34.4 Å². The summed E-state index contributed by atoms with van der Waals surface area (Å²) in [5, 5.41) is 12.0. The Balaban J connectivity index is 1.39. The molecule has 1 aliphatic rings. The van der Waals surface area contributed by atoms with Crippen molar-refractivity contribution in [2.45, 2.75) is 42.2 Å². The molecule has 0 unspecified atom stereocenters. The number of aromatic amines is 1. The van der Waals surface area contributed by atoms with Crippen molar-refractivity contribution in [3.8, 4) is 5.75 Å². The van der Waals surface area contributed by atoms with E-state index in [0.29, 0.717) is 12.1 Å². The van der Waals surface area contributed by atoms with Gasteiger partial charge in [-0.05, 0) is 48.7 Å². The van der Waals surface area contributed by atoms with Crippen molar-refractivity contribution in [1.29, 1.82) is 0 Å². The molecule has 2 aromatic carbocycles. The van der Waals surface area contributed by atoms with Gasteiger partial charge in [0.05, 0.1) is 18.1 Å². The molecule has 38 heavy (non-hydrogen) atoms. The maximum atomic E-state index is 13.1. The summed E-state index contributed by atoms with van der Waals surface area (Å²) in [7, 11) is 1.65. The number of likely N-dealkylation sites (tertiary alicyclic amines) is 1. The van der Waals surface area contributed by atoms with Crippen molar-refractivity contribution >= 4 is 35.3 Å². The fourth-order valence-corrected chi connectivity index (χ4v) is 6.05. The Hall–Kier alpha value is -3.44. The van der Waals surface area contributed by atoms with E-state index in [2.05, 4.69) is 35.1 Å². The first-order valence-corrected chi connectivity index (χ1v) is 14.2. The number of imidazole rings is 1. The zero-order chi connectivity index (χ0) is 26.9. The average molecular weight is 555 g/mol. The lowest BCUT2D eigenvalue weighted by Gasteiger charge is -2.22. The van der Waals surface area contributed by atoms with Crippen LogP contribution in [0.15, 0.2) is 77.7 Å². The van der Waals surface area contributed by atoms with Crippen LogP contribution in [0.25, 0.3) is 0 Å². The highest BCUT2D eigenvalue weighted by Crippen LogP contribution is 2.32. The number of nitrogens with zero attached hydrogens (tertiary/aromatic N) is 3. The standard InChI is InChI=1S/C27H30N4O5S2/c1-19(17-38-26-28-11-12-29-26)13-23-14-25(37-18-21-5-9-24(35-2)10-6-21)15-30(23)27(32)36-16-20-3-7-22(8-4-20)31(33)34/h3-13,23,25H,14-18H2,1-2H3,(H,28,29)/b19-13+/t23-,25+/m1/s1. The summed E-state index contributed by atoms with van der Waals surface area (Å²) >= 11 is 3.45. The molecule has 1 aliphatic heterocycles. The zero-order valence-corrected chi connectivity index (χ0v) is 22.9. The molecule has 0 aliphatic carbocycles. The normalized spacial score (nSPS) is 17.4. The van der Waals surface area contributed by atoms with E-state index in [1.165, 1.54) is 17.7 Å². The summed E-state index contributed by atoms with van der Waals surface area (Å²) in [6.07, 6.45) is 6.12. The quantitative estimate of drug-likeness (QED) is 0.131. The molecule has 0 spiro atoms. The third kappa shape index (κ3) is 7.78. The van der Waals surface area contributed by atoms with Gasteiger partial charge in [-0.25, -0.2) is 9.78 Å². The molecular formula is C27H30N4O5S2. The highest BCUT2D eigenvalue weighted by Gasteiger charge is 2.35. The molecule has 1 amide bonds. The van der Waals surface area contributed by atoms with E-state index >= 15 is 0 Å². The van der Waals surface area contributed by atoms with Crippen molar-refractivity contribution < 1.29 is 19.2 Å². The first-order chi connectivity index (χ1) is 18.4. The second-order valence-corrected chi connectivity index (χ2v) is 11.2. The van der Waals surface area contributed by atoms with Gasteiger partial charge in [-0.1, -0.05) is 35.5 Å². The fourth-order valence-electron chi connectivity index (χ4n) is 4.08. The van der Waals surface area contributed by atoms with E-state index < -0.39 is 4.92 Å². The molecule has 2 atom stereocenters. The van der Waals surface area contributed by atoms with E-state index in [-0.39, 0.29) is 29.7 Å². The molecule has 1 N–H and O–H groups in total. The molecule has 200 valence electrons. The van der Waals surface area contributed by atoms with Gasteiger partial charge in [-0.3, -0.25) is 10.1 Å². The smallest absolute Gasteiger partial charge is 0.410 e. The molecule has 1 saturated heterocycles. The number of rotatable bonds is 11. The molecule has 1 aromatic heterocycles. The monoisotopic (exact) mass is 554 g/mol. The molecule has 11 heteroatoms. The molecule has 0 bridgehead atoms. The summed E-state index contributed by atoms with van der Waals surface area (Å²) in [5.74, 6) is 2.43. The number of nitro groups is 1. The lowest BCUT2D eigenvalue weighted by atomic mass is 10.1. The van der Waals surface area contributed by atoms with E-state index in [1.54, 1.807) is 48.3 Å². The van der Waals surface area contributed by atoms with Crippen LogP contribution in [0.1, 0.15) is 24.5 Å². The summed E-state index contributed by atoms with van der Waals surface area (Å²) in [6, 6.07) is 14.0. The highest BCUT2D eigenvalue weighted by molar-refractivity contribution is 7.99. The van der Waals surface area contributed by atoms with Crippen LogP contribution in [0.5, 0.6) is 5.75 Å². The van der Waals surface area contributed by atoms with Crippen molar-refractivity contribution in [3.05, 3.63) is 93.8 Å².